The molecule has 0 bridgehead atoms. The number of thiazole rings is 1. The number of hydrogen-bond acceptors (Lipinski definition) is 3. The van der Waals surface area contributed by atoms with Crippen LogP contribution in [0.15, 0.2) is 12.1 Å². The minimum Gasteiger partial charge on any atom is -0.293 e. The highest BCUT2D eigenvalue weighted by atomic mass is 32.1. The van der Waals surface area contributed by atoms with Crippen molar-refractivity contribution in [3.63, 3.8) is 0 Å². The first-order valence-corrected chi connectivity index (χ1v) is 7.30. The van der Waals surface area contributed by atoms with Gasteiger partial charge in [0, 0.05) is 11.5 Å². The summed E-state index contributed by atoms with van der Waals surface area (Å²) in [6.07, 6.45) is 1.26. The Morgan fingerprint density at radius 1 is 1.24 bits per heavy atom. The Hall–Kier alpha value is -1.69. The van der Waals surface area contributed by atoms with Gasteiger partial charge in [-0.2, -0.15) is 0 Å². The molecule has 1 aromatic carbocycles. The fourth-order valence-corrected chi connectivity index (χ4v) is 3.62. The SMILES string of the molecule is CC1(C)CCc2nc(-c3cc(F)cc(F)c3F)sc2C1=O. The average Bonchev–Trinajstić information content (AvgIpc) is 2.83. The van der Waals surface area contributed by atoms with Crippen LogP contribution in [0.4, 0.5) is 13.2 Å². The zero-order valence-electron chi connectivity index (χ0n) is 11.5. The van der Waals surface area contributed by atoms with E-state index < -0.39 is 22.9 Å². The summed E-state index contributed by atoms with van der Waals surface area (Å²) >= 11 is 0.996. The monoisotopic (exact) mass is 311 g/mol. The van der Waals surface area contributed by atoms with Gasteiger partial charge in [0.15, 0.2) is 17.4 Å². The van der Waals surface area contributed by atoms with Crippen LogP contribution in [0.2, 0.25) is 0 Å². The molecule has 0 atom stereocenters. The number of aromatic nitrogens is 1. The lowest BCUT2D eigenvalue weighted by Gasteiger charge is -2.26. The number of rotatable bonds is 1. The molecule has 3 rings (SSSR count). The molecule has 21 heavy (non-hydrogen) atoms. The van der Waals surface area contributed by atoms with Crippen molar-refractivity contribution in [3.05, 3.63) is 40.2 Å². The van der Waals surface area contributed by atoms with Gasteiger partial charge in [-0.1, -0.05) is 13.8 Å². The first-order valence-electron chi connectivity index (χ1n) is 6.49. The van der Waals surface area contributed by atoms with Crippen molar-refractivity contribution in [2.24, 2.45) is 5.41 Å². The summed E-state index contributed by atoms with van der Waals surface area (Å²) < 4.78 is 40.4. The predicted molar refractivity (Wildman–Crippen MR) is 73.9 cm³/mol. The van der Waals surface area contributed by atoms with Crippen LogP contribution in [0, 0.1) is 22.9 Å². The fraction of sp³-hybridized carbons (Fsp3) is 0.333. The van der Waals surface area contributed by atoms with Crippen LogP contribution >= 0.6 is 11.3 Å². The Kier molecular flexibility index (Phi) is 3.16. The minimum absolute atomic E-state index is 0.0511. The van der Waals surface area contributed by atoms with Gasteiger partial charge in [-0.05, 0) is 18.9 Å². The number of hydrogen-bond donors (Lipinski definition) is 0. The second kappa shape index (κ2) is 4.66. The summed E-state index contributed by atoms with van der Waals surface area (Å²) in [6, 6.07) is 1.39. The molecule has 0 aliphatic heterocycles. The maximum Gasteiger partial charge on any atom is 0.180 e. The molecule has 0 N–H and O–H groups in total. The highest BCUT2D eigenvalue weighted by molar-refractivity contribution is 7.17. The molecule has 0 unspecified atom stereocenters. The average molecular weight is 311 g/mol. The van der Waals surface area contributed by atoms with E-state index in [1.807, 2.05) is 13.8 Å². The lowest BCUT2D eigenvalue weighted by molar-refractivity contribution is 0.0815. The number of benzene rings is 1. The third-order valence-electron chi connectivity index (χ3n) is 3.73. The molecule has 2 nitrogen and oxygen atoms in total. The number of ketones is 1. The predicted octanol–water partition coefficient (Wildman–Crippen LogP) is 4.38. The fourth-order valence-electron chi connectivity index (χ4n) is 2.38. The van der Waals surface area contributed by atoms with E-state index in [9.17, 15) is 18.0 Å². The Balaban J connectivity index is 2.14. The van der Waals surface area contributed by atoms with Gasteiger partial charge < -0.3 is 0 Å². The van der Waals surface area contributed by atoms with Crippen LogP contribution in [0.5, 0.6) is 0 Å². The number of aryl methyl sites for hydroxylation is 1. The summed E-state index contributed by atoms with van der Waals surface area (Å²) in [7, 11) is 0. The summed E-state index contributed by atoms with van der Waals surface area (Å²) in [4.78, 5) is 17.0. The van der Waals surface area contributed by atoms with Gasteiger partial charge in [-0.25, -0.2) is 18.2 Å². The van der Waals surface area contributed by atoms with E-state index >= 15 is 0 Å². The van der Waals surface area contributed by atoms with E-state index in [1.54, 1.807) is 0 Å². The van der Waals surface area contributed by atoms with E-state index in [4.69, 9.17) is 0 Å². The summed E-state index contributed by atoms with van der Waals surface area (Å²) in [6.45, 7) is 3.69. The lowest BCUT2D eigenvalue weighted by atomic mass is 9.78. The molecular formula is C15H12F3NOS. The number of fused-ring (bicyclic) bond motifs is 1. The third-order valence-corrected chi connectivity index (χ3v) is 4.86. The molecule has 1 aromatic heterocycles. The van der Waals surface area contributed by atoms with Crippen molar-refractivity contribution in [3.8, 4) is 10.6 Å². The number of nitrogens with zero attached hydrogens (tertiary/aromatic N) is 1. The topological polar surface area (TPSA) is 30.0 Å². The van der Waals surface area contributed by atoms with Crippen molar-refractivity contribution in [1.82, 2.24) is 4.98 Å². The van der Waals surface area contributed by atoms with Crippen molar-refractivity contribution < 1.29 is 18.0 Å². The quantitative estimate of drug-likeness (QED) is 0.731. The second-order valence-electron chi connectivity index (χ2n) is 5.76. The van der Waals surface area contributed by atoms with Gasteiger partial charge in [-0.15, -0.1) is 11.3 Å². The van der Waals surface area contributed by atoms with Gasteiger partial charge in [0.25, 0.3) is 0 Å². The molecule has 1 aliphatic rings. The molecule has 0 radical (unpaired) electrons. The van der Waals surface area contributed by atoms with Crippen molar-refractivity contribution in [2.45, 2.75) is 26.7 Å². The highest BCUT2D eigenvalue weighted by Crippen LogP contribution is 2.40. The van der Waals surface area contributed by atoms with Gasteiger partial charge in [0.05, 0.1) is 16.1 Å². The molecular weight excluding hydrogens is 299 g/mol. The molecule has 110 valence electrons. The van der Waals surface area contributed by atoms with E-state index in [1.165, 1.54) is 0 Å². The third kappa shape index (κ3) is 2.27. The first-order chi connectivity index (χ1) is 9.79. The van der Waals surface area contributed by atoms with E-state index in [-0.39, 0.29) is 16.4 Å². The van der Waals surface area contributed by atoms with Crippen LogP contribution in [0.25, 0.3) is 10.6 Å². The Morgan fingerprint density at radius 2 is 1.95 bits per heavy atom. The largest absolute Gasteiger partial charge is 0.293 e. The van der Waals surface area contributed by atoms with Gasteiger partial charge in [0.2, 0.25) is 0 Å². The summed E-state index contributed by atoms with van der Waals surface area (Å²) in [5.41, 5.74) is -0.136. The molecule has 0 saturated heterocycles. The minimum atomic E-state index is -1.26. The van der Waals surface area contributed by atoms with Crippen LogP contribution in [0.3, 0.4) is 0 Å². The zero-order chi connectivity index (χ0) is 15.4. The highest BCUT2D eigenvalue weighted by Gasteiger charge is 2.37. The molecule has 1 aliphatic carbocycles. The number of carbonyl (C=O) groups excluding carboxylic acids is 1. The van der Waals surface area contributed by atoms with Crippen LogP contribution in [0.1, 0.15) is 35.6 Å². The van der Waals surface area contributed by atoms with E-state index in [0.717, 1.165) is 17.4 Å². The van der Waals surface area contributed by atoms with Gasteiger partial charge in [0.1, 0.15) is 10.8 Å². The van der Waals surface area contributed by atoms with Crippen LogP contribution in [-0.4, -0.2) is 10.8 Å². The standard InChI is InChI=1S/C15H12F3NOS/c1-15(2)4-3-10-12(13(15)20)21-14(19-10)8-5-7(16)6-9(17)11(8)18/h5-6H,3-4H2,1-2H3. The molecule has 1 heterocycles. The first kappa shape index (κ1) is 14.3. The number of carbonyl (C=O) groups is 1. The van der Waals surface area contributed by atoms with Gasteiger partial charge in [-0.3, -0.25) is 4.79 Å². The van der Waals surface area contributed by atoms with E-state index in [0.29, 0.717) is 29.5 Å². The maximum absolute atomic E-state index is 13.8. The normalized spacial score (nSPS) is 16.9. The second-order valence-corrected chi connectivity index (χ2v) is 6.76. The maximum atomic E-state index is 13.8. The van der Waals surface area contributed by atoms with Crippen molar-refractivity contribution in [1.29, 1.82) is 0 Å². The molecule has 0 saturated carbocycles. The Morgan fingerprint density at radius 3 is 2.67 bits per heavy atom. The summed E-state index contributed by atoms with van der Waals surface area (Å²) in [5, 5.41) is 0.141. The molecule has 6 heteroatoms. The number of Topliss-reactive ketones (excluding diaryl/α,β-unsaturated/α-hetero) is 1. The Bertz CT molecular complexity index is 752. The molecule has 0 spiro atoms. The molecule has 0 amide bonds. The lowest BCUT2D eigenvalue weighted by Crippen LogP contribution is -2.29. The smallest absolute Gasteiger partial charge is 0.180 e. The van der Waals surface area contributed by atoms with Crippen molar-refractivity contribution in [2.75, 3.05) is 0 Å². The van der Waals surface area contributed by atoms with Crippen LogP contribution < -0.4 is 0 Å². The van der Waals surface area contributed by atoms with Crippen molar-refractivity contribution >= 4 is 17.1 Å². The van der Waals surface area contributed by atoms with E-state index in [2.05, 4.69) is 4.98 Å². The zero-order valence-corrected chi connectivity index (χ0v) is 12.3. The number of halogens is 3. The van der Waals surface area contributed by atoms with Crippen LogP contribution in [-0.2, 0) is 6.42 Å². The van der Waals surface area contributed by atoms with Gasteiger partial charge >= 0.3 is 0 Å². The summed E-state index contributed by atoms with van der Waals surface area (Å²) in [5.74, 6) is -3.33. The molecule has 0 fully saturated rings. The Labute approximate surface area is 123 Å². The molecule has 2 aromatic rings.